The zero-order valence-electron chi connectivity index (χ0n) is 11.4. The second-order valence-corrected chi connectivity index (χ2v) is 5.87. The van der Waals surface area contributed by atoms with Crippen LogP contribution in [0.25, 0.3) is 0 Å². The fraction of sp³-hybridized carbons (Fsp3) is 1.00. The van der Waals surface area contributed by atoms with Gasteiger partial charge >= 0.3 is 0 Å². The van der Waals surface area contributed by atoms with Crippen molar-refractivity contribution in [3.63, 3.8) is 0 Å². The van der Waals surface area contributed by atoms with E-state index in [1.54, 1.807) is 0 Å². The molecule has 1 aliphatic heterocycles. The molecule has 1 N–H and O–H groups in total. The number of rotatable bonds is 9. The maximum Gasteiger partial charge on any atom is 0.0476 e. The van der Waals surface area contributed by atoms with Crippen molar-refractivity contribution in [1.29, 1.82) is 0 Å². The highest BCUT2D eigenvalue weighted by molar-refractivity contribution is 7.99. The number of nitrogens with zero attached hydrogens (tertiary/aromatic N) is 1. The first kappa shape index (κ1) is 15.3. The van der Waals surface area contributed by atoms with Gasteiger partial charge in [-0.1, -0.05) is 13.8 Å². The molecule has 17 heavy (non-hydrogen) atoms. The Morgan fingerprint density at radius 3 is 2.53 bits per heavy atom. The highest BCUT2D eigenvalue weighted by Gasteiger charge is 2.13. The predicted molar refractivity (Wildman–Crippen MR) is 77.0 cm³/mol. The minimum atomic E-state index is 0.841. The summed E-state index contributed by atoms with van der Waals surface area (Å²) in [4.78, 5) is 2.46. The van der Waals surface area contributed by atoms with Gasteiger partial charge in [0.2, 0.25) is 0 Å². The monoisotopic (exact) mass is 260 g/mol. The SMILES string of the molecule is CCN(CC)CCNCCSC1CCOCC1. The van der Waals surface area contributed by atoms with E-state index in [0.29, 0.717) is 0 Å². The second-order valence-electron chi connectivity index (χ2n) is 4.46. The lowest BCUT2D eigenvalue weighted by molar-refractivity contribution is 0.100. The average molecular weight is 260 g/mol. The third kappa shape index (κ3) is 7.29. The van der Waals surface area contributed by atoms with Crippen molar-refractivity contribution in [3.8, 4) is 0 Å². The van der Waals surface area contributed by atoms with Gasteiger partial charge in [-0.25, -0.2) is 0 Å². The molecule has 0 aromatic heterocycles. The van der Waals surface area contributed by atoms with Gasteiger partial charge in [-0.05, 0) is 25.9 Å². The van der Waals surface area contributed by atoms with E-state index in [1.165, 1.54) is 25.1 Å². The number of likely N-dealkylation sites (N-methyl/N-ethyl adjacent to an activating group) is 1. The van der Waals surface area contributed by atoms with Gasteiger partial charge < -0.3 is 15.0 Å². The highest BCUT2D eigenvalue weighted by atomic mass is 32.2. The quantitative estimate of drug-likeness (QED) is 0.639. The topological polar surface area (TPSA) is 24.5 Å². The van der Waals surface area contributed by atoms with Crippen molar-refractivity contribution in [2.75, 3.05) is 51.7 Å². The summed E-state index contributed by atoms with van der Waals surface area (Å²) in [6.45, 7) is 12.1. The van der Waals surface area contributed by atoms with Crippen LogP contribution in [0.2, 0.25) is 0 Å². The Balaban J connectivity index is 1.86. The number of nitrogens with one attached hydrogen (secondary N) is 1. The Bertz CT molecular complexity index is 171. The Morgan fingerprint density at radius 1 is 1.18 bits per heavy atom. The number of ether oxygens (including phenoxy) is 1. The fourth-order valence-electron chi connectivity index (χ4n) is 2.04. The van der Waals surface area contributed by atoms with Crippen LogP contribution >= 0.6 is 11.8 Å². The maximum absolute atomic E-state index is 5.36. The van der Waals surface area contributed by atoms with E-state index in [2.05, 4.69) is 35.8 Å². The molecule has 1 fully saturated rings. The third-order valence-corrected chi connectivity index (χ3v) is 4.68. The van der Waals surface area contributed by atoms with Crippen molar-refractivity contribution < 1.29 is 4.74 Å². The maximum atomic E-state index is 5.36. The standard InChI is InChI=1S/C13H28N2OS/c1-3-15(4-2)9-7-14-8-12-17-13-5-10-16-11-6-13/h13-14H,3-12H2,1-2H3. The van der Waals surface area contributed by atoms with Gasteiger partial charge in [0.15, 0.2) is 0 Å². The first-order chi connectivity index (χ1) is 8.36. The van der Waals surface area contributed by atoms with Gasteiger partial charge in [0.1, 0.15) is 0 Å². The van der Waals surface area contributed by atoms with E-state index in [1.807, 2.05) is 0 Å². The van der Waals surface area contributed by atoms with E-state index in [-0.39, 0.29) is 0 Å². The summed E-state index contributed by atoms with van der Waals surface area (Å²) in [5.41, 5.74) is 0. The molecule has 0 unspecified atom stereocenters. The lowest BCUT2D eigenvalue weighted by Crippen LogP contribution is -2.33. The predicted octanol–water partition coefficient (Wildman–Crippen LogP) is 1.83. The van der Waals surface area contributed by atoms with Crippen molar-refractivity contribution in [1.82, 2.24) is 10.2 Å². The van der Waals surface area contributed by atoms with E-state index in [0.717, 1.165) is 44.6 Å². The lowest BCUT2D eigenvalue weighted by Gasteiger charge is -2.21. The first-order valence-corrected chi connectivity index (χ1v) is 8.04. The Hall–Kier alpha value is 0.230. The van der Waals surface area contributed by atoms with Crippen LogP contribution in [0, 0.1) is 0 Å². The van der Waals surface area contributed by atoms with Gasteiger partial charge in [-0.3, -0.25) is 0 Å². The molecule has 3 nitrogen and oxygen atoms in total. The molecule has 102 valence electrons. The summed E-state index contributed by atoms with van der Waals surface area (Å²) < 4.78 is 5.36. The summed E-state index contributed by atoms with van der Waals surface area (Å²) in [6.07, 6.45) is 2.48. The lowest BCUT2D eigenvalue weighted by atomic mass is 10.2. The molecular weight excluding hydrogens is 232 g/mol. The summed E-state index contributed by atoms with van der Waals surface area (Å²) in [5.74, 6) is 1.24. The molecule has 0 amide bonds. The fourth-order valence-corrected chi connectivity index (χ4v) is 3.16. The van der Waals surface area contributed by atoms with Gasteiger partial charge in [0, 0.05) is 43.9 Å². The average Bonchev–Trinajstić information content (AvgIpc) is 2.39. The number of thioether (sulfide) groups is 1. The molecule has 0 radical (unpaired) electrons. The first-order valence-electron chi connectivity index (χ1n) is 6.99. The second kappa shape index (κ2) is 10.2. The molecule has 0 bridgehead atoms. The Labute approximate surface area is 111 Å². The molecule has 0 spiro atoms. The van der Waals surface area contributed by atoms with Crippen molar-refractivity contribution >= 4 is 11.8 Å². The van der Waals surface area contributed by atoms with Crippen LogP contribution in [0.4, 0.5) is 0 Å². The Morgan fingerprint density at radius 2 is 1.88 bits per heavy atom. The zero-order chi connectivity index (χ0) is 12.3. The van der Waals surface area contributed by atoms with Crippen molar-refractivity contribution in [3.05, 3.63) is 0 Å². The summed E-state index contributed by atoms with van der Waals surface area (Å²) in [5, 5.41) is 4.37. The third-order valence-electron chi connectivity index (χ3n) is 3.30. The smallest absolute Gasteiger partial charge is 0.0476 e. The summed E-state index contributed by atoms with van der Waals surface area (Å²) >= 11 is 2.11. The molecular formula is C13H28N2OS. The van der Waals surface area contributed by atoms with E-state index in [4.69, 9.17) is 4.74 Å². The largest absolute Gasteiger partial charge is 0.381 e. The minimum absolute atomic E-state index is 0.841. The number of hydrogen-bond donors (Lipinski definition) is 1. The van der Waals surface area contributed by atoms with Crippen molar-refractivity contribution in [2.45, 2.75) is 31.9 Å². The van der Waals surface area contributed by atoms with Crippen molar-refractivity contribution in [2.24, 2.45) is 0 Å². The molecule has 1 saturated heterocycles. The minimum Gasteiger partial charge on any atom is -0.381 e. The molecule has 0 aromatic rings. The molecule has 1 aliphatic rings. The van der Waals surface area contributed by atoms with Gasteiger partial charge in [-0.15, -0.1) is 0 Å². The zero-order valence-corrected chi connectivity index (χ0v) is 12.2. The molecule has 1 heterocycles. The molecule has 0 aliphatic carbocycles. The van der Waals surface area contributed by atoms with Crippen LogP contribution in [0.1, 0.15) is 26.7 Å². The normalized spacial score (nSPS) is 17.8. The summed E-state index contributed by atoms with van der Waals surface area (Å²) in [6, 6.07) is 0. The molecule has 0 saturated carbocycles. The molecule has 0 aromatic carbocycles. The van der Waals surface area contributed by atoms with E-state index >= 15 is 0 Å². The Kier molecular flexibility index (Phi) is 9.16. The molecule has 1 rings (SSSR count). The van der Waals surface area contributed by atoms with E-state index < -0.39 is 0 Å². The van der Waals surface area contributed by atoms with Gasteiger partial charge in [0.25, 0.3) is 0 Å². The highest BCUT2D eigenvalue weighted by Crippen LogP contribution is 2.21. The van der Waals surface area contributed by atoms with Gasteiger partial charge in [-0.2, -0.15) is 11.8 Å². The van der Waals surface area contributed by atoms with Gasteiger partial charge in [0.05, 0.1) is 0 Å². The number of hydrogen-bond acceptors (Lipinski definition) is 4. The molecule has 0 atom stereocenters. The molecule has 4 heteroatoms. The van der Waals surface area contributed by atoms with Crippen LogP contribution in [0.3, 0.4) is 0 Å². The van der Waals surface area contributed by atoms with Crippen LogP contribution in [-0.2, 0) is 4.74 Å². The van der Waals surface area contributed by atoms with Crippen LogP contribution in [0.5, 0.6) is 0 Å². The van der Waals surface area contributed by atoms with Crippen LogP contribution in [0.15, 0.2) is 0 Å². The van der Waals surface area contributed by atoms with E-state index in [9.17, 15) is 0 Å². The summed E-state index contributed by atoms with van der Waals surface area (Å²) in [7, 11) is 0. The van der Waals surface area contributed by atoms with Crippen LogP contribution in [-0.4, -0.2) is 61.8 Å². The van der Waals surface area contributed by atoms with Crippen LogP contribution < -0.4 is 5.32 Å².